The predicted molar refractivity (Wildman–Crippen MR) is 141 cm³/mol. The lowest BCUT2D eigenvalue weighted by atomic mass is 9.97. The van der Waals surface area contributed by atoms with Gasteiger partial charge in [-0.1, -0.05) is 57.0 Å². The topological polar surface area (TPSA) is 45.6 Å². The summed E-state index contributed by atoms with van der Waals surface area (Å²) in [4.78, 5) is 7.42. The zero-order valence-corrected chi connectivity index (χ0v) is 21.1. The van der Waals surface area contributed by atoms with Gasteiger partial charge in [-0.3, -0.25) is 0 Å². The zero-order valence-electron chi connectivity index (χ0n) is 20.3. The molecule has 5 heteroatoms. The highest BCUT2D eigenvalue weighted by molar-refractivity contribution is 5.87. The summed E-state index contributed by atoms with van der Waals surface area (Å²) < 4.78 is 5.44. The fourth-order valence-electron chi connectivity index (χ4n) is 4.15. The van der Waals surface area contributed by atoms with E-state index in [0.29, 0.717) is 0 Å². The van der Waals surface area contributed by atoms with E-state index in [-0.39, 0.29) is 12.4 Å². The Labute approximate surface area is 205 Å². The minimum atomic E-state index is -0.533. The molecule has 33 heavy (non-hydrogen) atoms. The second kappa shape index (κ2) is 14.2. The number of fused-ring (bicyclic) bond motifs is 1. The standard InChI is InChI=1S/C28H38N2O2.ClH/c1-4-6-17-30(18-7-5-2)19-11-14-28(31)25-21-27(22-12-9-8-10-13-22)29-26-16-15-23(32-3)20-24(25)26;/h8-10,12-13,15-16,20-21,28,31H,4-7,11,14,17-19H2,1-3H3;1H. The van der Waals surface area contributed by atoms with Gasteiger partial charge in [-0.25, -0.2) is 4.98 Å². The van der Waals surface area contributed by atoms with Crippen LogP contribution in [0, 0.1) is 0 Å². The lowest BCUT2D eigenvalue weighted by Gasteiger charge is -2.23. The Balaban J connectivity index is 0.00000385. The fraction of sp³-hybridized carbons (Fsp3) is 0.464. The van der Waals surface area contributed by atoms with Gasteiger partial charge in [0.2, 0.25) is 0 Å². The molecule has 0 amide bonds. The van der Waals surface area contributed by atoms with E-state index in [2.05, 4.69) is 30.9 Å². The van der Waals surface area contributed by atoms with E-state index in [0.717, 1.165) is 65.9 Å². The number of aliphatic hydroxyl groups is 1. The van der Waals surface area contributed by atoms with Gasteiger partial charge in [-0.15, -0.1) is 12.4 Å². The Bertz CT molecular complexity index is 957. The van der Waals surface area contributed by atoms with Crippen molar-refractivity contribution in [1.82, 2.24) is 9.88 Å². The number of ether oxygens (including phenoxy) is 1. The monoisotopic (exact) mass is 470 g/mol. The SMILES string of the molecule is CCCCN(CCCC)CCCC(O)c1cc(-c2ccccc2)nc2ccc(OC)cc12.Cl. The van der Waals surface area contributed by atoms with Gasteiger partial charge in [0, 0.05) is 10.9 Å². The van der Waals surface area contributed by atoms with Crippen molar-refractivity contribution in [2.75, 3.05) is 26.7 Å². The first kappa shape index (κ1) is 27.1. The summed E-state index contributed by atoms with van der Waals surface area (Å²) in [6.45, 7) is 7.83. The molecule has 1 atom stereocenters. The highest BCUT2D eigenvalue weighted by atomic mass is 35.5. The molecule has 4 nitrogen and oxygen atoms in total. The summed E-state index contributed by atoms with van der Waals surface area (Å²) >= 11 is 0. The first-order valence-corrected chi connectivity index (χ1v) is 12.1. The Morgan fingerprint density at radius 3 is 2.21 bits per heavy atom. The average Bonchev–Trinajstić information content (AvgIpc) is 2.84. The van der Waals surface area contributed by atoms with Crippen LogP contribution in [0.15, 0.2) is 54.6 Å². The second-order valence-corrected chi connectivity index (χ2v) is 8.55. The Morgan fingerprint density at radius 1 is 0.909 bits per heavy atom. The maximum Gasteiger partial charge on any atom is 0.119 e. The van der Waals surface area contributed by atoms with Crippen molar-refractivity contribution in [3.8, 4) is 17.0 Å². The van der Waals surface area contributed by atoms with Crippen molar-refractivity contribution in [2.45, 2.75) is 58.5 Å². The van der Waals surface area contributed by atoms with Gasteiger partial charge >= 0.3 is 0 Å². The number of hydrogen-bond acceptors (Lipinski definition) is 4. The number of benzene rings is 2. The van der Waals surface area contributed by atoms with Crippen molar-refractivity contribution < 1.29 is 9.84 Å². The number of methoxy groups -OCH3 is 1. The summed E-state index contributed by atoms with van der Waals surface area (Å²) in [7, 11) is 1.67. The van der Waals surface area contributed by atoms with E-state index in [1.807, 2.05) is 42.5 Å². The minimum Gasteiger partial charge on any atom is -0.497 e. The molecule has 0 spiro atoms. The first-order valence-electron chi connectivity index (χ1n) is 12.1. The van der Waals surface area contributed by atoms with Crippen LogP contribution in [0.1, 0.15) is 64.0 Å². The number of pyridine rings is 1. The highest BCUT2D eigenvalue weighted by Gasteiger charge is 2.16. The van der Waals surface area contributed by atoms with Crippen LogP contribution >= 0.6 is 12.4 Å². The molecule has 2 aromatic carbocycles. The maximum absolute atomic E-state index is 11.2. The van der Waals surface area contributed by atoms with Crippen LogP contribution in [0.2, 0.25) is 0 Å². The quantitative estimate of drug-likeness (QED) is 0.290. The van der Waals surface area contributed by atoms with E-state index in [1.165, 1.54) is 25.7 Å². The van der Waals surface area contributed by atoms with Gasteiger partial charge in [0.05, 0.1) is 24.4 Å². The molecule has 0 aliphatic heterocycles. The minimum absolute atomic E-state index is 0. The molecule has 0 saturated heterocycles. The molecular weight excluding hydrogens is 432 g/mol. The van der Waals surface area contributed by atoms with Crippen molar-refractivity contribution in [1.29, 1.82) is 0 Å². The predicted octanol–water partition coefficient (Wildman–Crippen LogP) is 7.05. The zero-order chi connectivity index (χ0) is 22.8. The van der Waals surface area contributed by atoms with Crippen LogP contribution < -0.4 is 4.74 Å². The molecule has 1 N–H and O–H groups in total. The van der Waals surface area contributed by atoms with Crippen LogP contribution in [0.4, 0.5) is 0 Å². The second-order valence-electron chi connectivity index (χ2n) is 8.55. The third-order valence-electron chi connectivity index (χ3n) is 6.08. The van der Waals surface area contributed by atoms with E-state index in [9.17, 15) is 5.11 Å². The Morgan fingerprint density at radius 2 is 1.58 bits per heavy atom. The number of halogens is 1. The largest absolute Gasteiger partial charge is 0.497 e. The van der Waals surface area contributed by atoms with Gasteiger partial charge in [-0.2, -0.15) is 0 Å². The number of rotatable bonds is 13. The van der Waals surface area contributed by atoms with Crippen LogP contribution in [-0.4, -0.2) is 41.7 Å². The van der Waals surface area contributed by atoms with E-state index >= 15 is 0 Å². The van der Waals surface area contributed by atoms with Crippen molar-refractivity contribution >= 4 is 23.3 Å². The third kappa shape index (κ3) is 7.70. The molecular formula is C28H39ClN2O2. The highest BCUT2D eigenvalue weighted by Crippen LogP contribution is 2.32. The Kier molecular flexibility index (Phi) is 11.7. The molecule has 180 valence electrons. The molecule has 0 radical (unpaired) electrons. The summed E-state index contributed by atoms with van der Waals surface area (Å²) in [5.41, 5.74) is 3.77. The molecule has 0 saturated carbocycles. The first-order chi connectivity index (χ1) is 15.7. The van der Waals surface area contributed by atoms with Gasteiger partial charge in [0.1, 0.15) is 5.75 Å². The average molecular weight is 471 g/mol. The number of unbranched alkanes of at least 4 members (excludes halogenated alkanes) is 2. The Hall–Kier alpha value is -2.14. The molecule has 3 aromatic rings. The summed E-state index contributed by atoms with van der Waals surface area (Å²) in [6.07, 6.45) is 6.09. The smallest absolute Gasteiger partial charge is 0.119 e. The van der Waals surface area contributed by atoms with Crippen LogP contribution in [-0.2, 0) is 0 Å². The van der Waals surface area contributed by atoms with E-state index < -0.39 is 6.10 Å². The number of aromatic nitrogens is 1. The molecule has 1 heterocycles. The van der Waals surface area contributed by atoms with Crippen molar-refractivity contribution in [3.63, 3.8) is 0 Å². The van der Waals surface area contributed by atoms with E-state index in [1.54, 1.807) is 7.11 Å². The van der Waals surface area contributed by atoms with Crippen LogP contribution in [0.5, 0.6) is 5.75 Å². The molecule has 1 unspecified atom stereocenters. The third-order valence-corrected chi connectivity index (χ3v) is 6.08. The number of hydrogen-bond donors (Lipinski definition) is 1. The van der Waals surface area contributed by atoms with Gasteiger partial charge in [0.25, 0.3) is 0 Å². The lowest BCUT2D eigenvalue weighted by molar-refractivity contribution is 0.156. The summed E-state index contributed by atoms with van der Waals surface area (Å²) in [5, 5.41) is 12.2. The van der Waals surface area contributed by atoms with E-state index in [4.69, 9.17) is 9.72 Å². The van der Waals surface area contributed by atoms with Gasteiger partial charge in [-0.05, 0) is 75.1 Å². The molecule has 3 rings (SSSR count). The van der Waals surface area contributed by atoms with Gasteiger partial charge < -0.3 is 14.7 Å². The van der Waals surface area contributed by atoms with Crippen LogP contribution in [0.3, 0.4) is 0 Å². The van der Waals surface area contributed by atoms with Crippen molar-refractivity contribution in [3.05, 3.63) is 60.2 Å². The van der Waals surface area contributed by atoms with Crippen LogP contribution in [0.25, 0.3) is 22.2 Å². The van der Waals surface area contributed by atoms with Gasteiger partial charge in [0.15, 0.2) is 0 Å². The molecule has 0 fully saturated rings. The molecule has 0 aliphatic rings. The fourth-order valence-corrected chi connectivity index (χ4v) is 4.15. The number of aliphatic hydroxyl groups excluding tert-OH is 1. The van der Waals surface area contributed by atoms with Crippen molar-refractivity contribution in [2.24, 2.45) is 0 Å². The summed E-state index contributed by atoms with van der Waals surface area (Å²) in [5.74, 6) is 0.783. The maximum atomic E-state index is 11.2. The normalized spacial score (nSPS) is 12.0. The molecule has 1 aromatic heterocycles. The molecule has 0 aliphatic carbocycles. The number of nitrogens with zero attached hydrogens (tertiary/aromatic N) is 2. The summed E-state index contributed by atoms with van der Waals surface area (Å²) in [6, 6.07) is 18.1. The lowest BCUT2D eigenvalue weighted by Crippen LogP contribution is -2.27. The molecule has 0 bridgehead atoms.